The number of benzene rings is 2. The Labute approximate surface area is 155 Å². The first-order chi connectivity index (χ1) is 13.0. The normalized spacial score (nSPS) is 19.1. The highest BCUT2D eigenvalue weighted by molar-refractivity contribution is 6.06. The minimum atomic E-state index is -0.482. The van der Waals surface area contributed by atoms with E-state index in [2.05, 4.69) is 0 Å². The molecule has 0 spiro atoms. The van der Waals surface area contributed by atoms with Crippen LogP contribution in [0.1, 0.15) is 23.5 Å². The molecule has 1 atom stereocenters. The van der Waals surface area contributed by atoms with E-state index in [1.165, 1.54) is 12.1 Å². The highest BCUT2D eigenvalue weighted by Gasteiger charge is 2.43. The average molecular weight is 364 g/mol. The fourth-order valence-electron chi connectivity index (χ4n) is 3.63. The fourth-order valence-corrected chi connectivity index (χ4v) is 3.63. The highest BCUT2D eigenvalue weighted by Crippen LogP contribution is 2.42. The van der Waals surface area contributed by atoms with Crippen molar-refractivity contribution < 1.29 is 19.2 Å². The van der Waals surface area contributed by atoms with Crippen molar-refractivity contribution in [3.8, 4) is 0 Å². The lowest BCUT2D eigenvalue weighted by atomic mass is 9.84. The zero-order valence-electron chi connectivity index (χ0n) is 14.5. The number of carbonyl (C=O) groups excluding carboxylic acids is 2. The predicted molar refractivity (Wildman–Crippen MR) is 97.1 cm³/mol. The van der Waals surface area contributed by atoms with Crippen LogP contribution in [-0.2, 0) is 14.3 Å². The standard InChI is InChI=1S/C20H16N2O5/c1-12-3-2-4-15(9-12)21-17-11-27-20(24)19(17)16(10-18(21)23)13-5-7-14(8-6-13)22(25)26/h2-9,16H,10-11H2,1H3/t16-/m0/s1. The van der Waals surface area contributed by atoms with Crippen molar-refractivity contribution in [1.82, 2.24) is 0 Å². The van der Waals surface area contributed by atoms with Gasteiger partial charge in [0.1, 0.15) is 6.61 Å². The second-order valence-corrected chi connectivity index (χ2v) is 6.61. The van der Waals surface area contributed by atoms with Gasteiger partial charge in [0, 0.05) is 30.2 Å². The molecule has 1 amide bonds. The van der Waals surface area contributed by atoms with Gasteiger partial charge in [-0.05, 0) is 30.2 Å². The number of nitrogens with zero attached hydrogens (tertiary/aromatic N) is 2. The van der Waals surface area contributed by atoms with Crippen molar-refractivity contribution in [2.24, 2.45) is 0 Å². The van der Waals surface area contributed by atoms with Crippen molar-refractivity contribution in [3.05, 3.63) is 81.0 Å². The molecule has 7 nitrogen and oxygen atoms in total. The minimum absolute atomic E-state index is 0.0366. The average Bonchev–Trinajstić information content (AvgIpc) is 3.02. The number of anilines is 1. The lowest BCUT2D eigenvalue weighted by Crippen LogP contribution is -2.37. The summed E-state index contributed by atoms with van der Waals surface area (Å²) in [5.41, 5.74) is 3.35. The summed E-state index contributed by atoms with van der Waals surface area (Å²) in [4.78, 5) is 37.3. The Balaban J connectivity index is 1.79. The first-order valence-electron chi connectivity index (χ1n) is 8.50. The molecule has 0 radical (unpaired) electrons. The number of esters is 1. The molecule has 0 N–H and O–H groups in total. The molecular weight excluding hydrogens is 348 g/mol. The van der Waals surface area contributed by atoms with Gasteiger partial charge in [0.05, 0.1) is 16.2 Å². The molecule has 0 aliphatic carbocycles. The second-order valence-electron chi connectivity index (χ2n) is 6.61. The number of nitro benzene ring substituents is 1. The maximum absolute atomic E-state index is 12.9. The van der Waals surface area contributed by atoms with E-state index < -0.39 is 16.8 Å². The van der Waals surface area contributed by atoms with E-state index >= 15 is 0 Å². The summed E-state index contributed by atoms with van der Waals surface area (Å²) in [5, 5.41) is 10.9. The SMILES string of the molecule is Cc1cccc(N2C(=O)C[C@@H](c3ccc([N+](=O)[O-])cc3)C3=C2COC3=O)c1. The number of non-ortho nitro benzene ring substituents is 1. The maximum atomic E-state index is 12.9. The third kappa shape index (κ3) is 2.87. The number of cyclic esters (lactones) is 1. The van der Waals surface area contributed by atoms with Gasteiger partial charge in [-0.15, -0.1) is 0 Å². The summed E-state index contributed by atoms with van der Waals surface area (Å²) in [6.45, 7) is 1.97. The highest BCUT2D eigenvalue weighted by atomic mass is 16.6. The van der Waals surface area contributed by atoms with Crippen molar-refractivity contribution in [1.29, 1.82) is 0 Å². The molecule has 2 aliphatic rings. The quantitative estimate of drug-likeness (QED) is 0.474. The second kappa shape index (κ2) is 6.35. The number of rotatable bonds is 3. The van der Waals surface area contributed by atoms with E-state index in [9.17, 15) is 19.7 Å². The van der Waals surface area contributed by atoms with Crippen molar-refractivity contribution in [3.63, 3.8) is 0 Å². The Bertz CT molecular complexity index is 994. The van der Waals surface area contributed by atoms with Crippen molar-refractivity contribution in [2.45, 2.75) is 19.3 Å². The zero-order chi connectivity index (χ0) is 19.1. The van der Waals surface area contributed by atoms with Gasteiger partial charge in [-0.2, -0.15) is 0 Å². The zero-order valence-corrected chi connectivity index (χ0v) is 14.5. The van der Waals surface area contributed by atoms with Crippen LogP contribution in [-0.4, -0.2) is 23.4 Å². The van der Waals surface area contributed by atoms with Crippen LogP contribution in [0.4, 0.5) is 11.4 Å². The lowest BCUT2D eigenvalue weighted by molar-refractivity contribution is -0.384. The molecule has 2 aromatic carbocycles. The van der Waals surface area contributed by atoms with E-state index in [0.29, 0.717) is 22.5 Å². The molecule has 2 heterocycles. The van der Waals surface area contributed by atoms with Gasteiger partial charge in [-0.3, -0.25) is 19.8 Å². The largest absolute Gasteiger partial charge is 0.456 e. The Morgan fingerprint density at radius 1 is 1.15 bits per heavy atom. The van der Waals surface area contributed by atoms with Gasteiger partial charge in [0.25, 0.3) is 5.69 Å². The van der Waals surface area contributed by atoms with Crippen LogP contribution in [0.25, 0.3) is 0 Å². The third-order valence-corrected chi connectivity index (χ3v) is 4.88. The molecule has 0 saturated carbocycles. The molecule has 0 unspecified atom stereocenters. The number of amides is 1. The Kier molecular flexibility index (Phi) is 3.99. The van der Waals surface area contributed by atoms with Crippen LogP contribution in [0.3, 0.4) is 0 Å². The monoisotopic (exact) mass is 364 g/mol. The van der Waals surface area contributed by atoms with E-state index in [0.717, 1.165) is 5.56 Å². The van der Waals surface area contributed by atoms with Crippen molar-refractivity contribution in [2.75, 3.05) is 11.5 Å². The third-order valence-electron chi connectivity index (χ3n) is 4.88. The molecule has 27 heavy (non-hydrogen) atoms. The van der Waals surface area contributed by atoms with E-state index in [1.807, 2.05) is 31.2 Å². The summed E-state index contributed by atoms with van der Waals surface area (Å²) < 4.78 is 5.23. The molecular formula is C20H16N2O5. The number of hydrogen-bond donors (Lipinski definition) is 0. The first-order valence-corrected chi connectivity index (χ1v) is 8.50. The summed E-state index contributed by atoms with van der Waals surface area (Å²) >= 11 is 0. The molecule has 4 rings (SSSR count). The minimum Gasteiger partial charge on any atom is -0.456 e. The van der Waals surface area contributed by atoms with Crippen LogP contribution in [0.15, 0.2) is 59.8 Å². The Morgan fingerprint density at radius 3 is 2.56 bits per heavy atom. The molecule has 0 saturated heterocycles. The number of ether oxygens (including phenoxy) is 1. The van der Waals surface area contributed by atoms with Gasteiger partial charge >= 0.3 is 5.97 Å². The smallest absolute Gasteiger partial charge is 0.336 e. The fraction of sp³-hybridized carbons (Fsp3) is 0.200. The molecule has 2 aliphatic heterocycles. The van der Waals surface area contributed by atoms with Crippen molar-refractivity contribution >= 4 is 23.3 Å². The Hall–Kier alpha value is -3.48. The molecule has 2 aromatic rings. The number of carbonyl (C=O) groups is 2. The van der Waals surface area contributed by atoms with Gasteiger partial charge in [0.2, 0.25) is 5.91 Å². The van der Waals surface area contributed by atoms with Crippen LogP contribution in [0.2, 0.25) is 0 Å². The van der Waals surface area contributed by atoms with Gasteiger partial charge in [-0.25, -0.2) is 4.79 Å². The van der Waals surface area contributed by atoms with Gasteiger partial charge in [-0.1, -0.05) is 24.3 Å². The van der Waals surface area contributed by atoms with Gasteiger partial charge < -0.3 is 4.74 Å². The van der Waals surface area contributed by atoms with Crippen LogP contribution in [0, 0.1) is 17.0 Å². The number of hydrogen-bond acceptors (Lipinski definition) is 5. The maximum Gasteiger partial charge on any atom is 0.336 e. The number of aryl methyl sites for hydroxylation is 1. The van der Waals surface area contributed by atoms with Crippen LogP contribution >= 0.6 is 0 Å². The summed E-state index contributed by atoms with van der Waals surface area (Å²) in [6, 6.07) is 13.5. The Morgan fingerprint density at radius 2 is 1.89 bits per heavy atom. The number of nitro groups is 1. The molecule has 0 fully saturated rings. The van der Waals surface area contributed by atoms with Crippen LogP contribution < -0.4 is 4.90 Å². The first kappa shape index (κ1) is 17.0. The summed E-state index contributed by atoms with van der Waals surface area (Å²) in [5.74, 6) is -1.05. The van der Waals surface area contributed by atoms with E-state index in [1.54, 1.807) is 17.0 Å². The topological polar surface area (TPSA) is 89.8 Å². The van der Waals surface area contributed by atoms with Crippen LogP contribution in [0.5, 0.6) is 0 Å². The predicted octanol–water partition coefficient (Wildman–Crippen LogP) is 3.23. The summed E-state index contributed by atoms with van der Waals surface area (Å²) in [6.07, 6.45) is 0.0969. The van der Waals surface area contributed by atoms with Gasteiger partial charge in [0.15, 0.2) is 0 Å². The van der Waals surface area contributed by atoms with E-state index in [4.69, 9.17) is 4.74 Å². The molecule has 136 valence electrons. The molecule has 0 bridgehead atoms. The lowest BCUT2D eigenvalue weighted by Gasteiger charge is -2.32. The summed E-state index contributed by atoms with van der Waals surface area (Å²) in [7, 11) is 0. The van der Waals surface area contributed by atoms with E-state index in [-0.39, 0.29) is 24.6 Å². The molecule has 7 heteroatoms. The molecule has 0 aromatic heterocycles.